The van der Waals surface area contributed by atoms with Gasteiger partial charge in [-0.15, -0.1) is 0 Å². The summed E-state index contributed by atoms with van der Waals surface area (Å²) in [5.41, 5.74) is 7.71. The smallest absolute Gasteiger partial charge is 0.0273 e. The summed E-state index contributed by atoms with van der Waals surface area (Å²) < 4.78 is 0. The second-order valence-corrected chi connectivity index (χ2v) is 2.48. The van der Waals surface area contributed by atoms with Gasteiger partial charge in [0.2, 0.25) is 0 Å². The van der Waals surface area contributed by atoms with Gasteiger partial charge in [-0.25, -0.2) is 0 Å². The Hall–Kier alpha value is -0.980. The van der Waals surface area contributed by atoms with Gasteiger partial charge in [-0.3, -0.25) is 0 Å². The highest BCUT2D eigenvalue weighted by Crippen LogP contribution is 1.97. The summed E-state index contributed by atoms with van der Waals surface area (Å²) in [4.78, 5) is 0. The molecule has 0 aliphatic rings. The van der Waals surface area contributed by atoms with Crippen molar-refractivity contribution in [1.82, 2.24) is 0 Å². The van der Waals surface area contributed by atoms with Gasteiger partial charge in [0.15, 0.2) is 0 Å². The van der Waals surface area contributed by atoms with E-state index in [0.29, 0.717) is 0 Å². The Kier molecular flexibility index (Phi) is 5.26. The maximum atomic E-state index is 5.63. The molecule has 1 nitrogen and oxygen atoms in total. The average Bonchev–Trinajstić information content (AvgIpc) is 2.01. The molecule has 0 aromatic rings. The molecule has 11 heavy (non-hydrogen) atoms. The number of hydrogen-bond acceptors (Lipinski definition) is 1. The molecule has 0 aliphatic carbocycles. The van der Waals surface area contributed by atoms with Crippen LogP contribution in [0.25, 0.3) is 0 Å². The van der Waals surface area contributed by atoms with E-state index in [0.717, 1.165) is 12.1 Å². The van der Waals surface area contributed by atoms with Crippen LogP contribution in [0.2, 0.25) is 0 Å². The first kappa shape index (κ1) is 10.0. The molecule has 0 amide bonds. The Morgan fingerprint density at radius 2 is 2.00 bits per heavy atom. The molecule has 0 fully saturated rings. The van der Waals surface area contributed by atoms with Crippen molar-refractivity contribution in [2.75, 3.05) is 0 Å². The van der Waals surface area contributed by atoms with Crippen LogP contribution < -0.4 is 5.73 Å². The van der Waals surface area contributed by atoms with Crippen LogP contribution in [0.3, 0.4) is 0 Å². The summed E-state index contributed by atoms with van der Waals surface area (Å²) in [5, 5.41) is 0. The van der Waals surface area contributed by atoms with E-state index in [-0.39, 0.29) is 0 Å². The van der Waals surface area contributed by atoms with Crippen LogP contribution in [-0.4, -0.2) is 0 Å². The van der Waals surface area contributed by atoms with Gasteiger partial charge in [0.25, 0.3) is 0 Å². The zero-order valence-electron chi connectivity index (χ0n) is 7.59. The van der Waals surface area contributed by atoms with Gasteiger partial charge in [0, 0.05) is 5.70 Å². The Morgan fingerprint density at radius 1 is 1.36 bits per heavy atom. The van der Waals surface area contributed by atoms with E-state index >= 15 is 0 Å². The zero-order chi connectivity index (χ0) is 8.69. The van der Waals surface area contributed by atoms with Crippen molar-refractivity contribution in [1.29, 1.82) is 0 Å². The SMILES string of the molecule is C\C=C(C)/C=C\C(N)=C/CC. The lowest BCUT2D eigenvalue weighted by molar-refractivity contribution is 1.18. The maximum Gasteiger partial charge on any atom is 0.0273 e. The molecule has 0 spiro atoms. The van der Waals surface area contributed by atoms with Crippen LogP contribution >= 0.6 is 0 Å². The molecule has 0 aromatic carbocycles. The molecule has 2 N–H and O–H groups in total. The van der Waals surface area contributed by atoms with Crippen molar-refractivity contribution in [3.05, 3.63) is 35.6 Å². The predicted octanol–water partition coefficient (Wildman–Crippen LogP) is 2.76. The monoisotopic (exact) mass is 151 g/mol. The first-order valence-corrected chi connectivity index (χ1v) is 3.97. The lowest BCUT2D eigenvalue weighted by atomic mass is 10.2. The molecule has 1 heteroatoms. The van der Waals surface area contributed by atoms with Crippen molar-refractivity contribution in [2.24, 2.45) is 5.73 Å². The lowest BCUT2D eigenvalue weighted by Gasteiger charge is -1.91. The van der Waals surface area contributed by atoms with Gasteiger partial charge in [0.05, 0.1) is 0 Å². The van der Waals surface area contributed by atoms with Crippen LogP contribution in [0.5, 0.6) is 0 Å². The lowest BCUT2D eigenvalue weighted by Crippen LogP contribution is -1.91. The van der Waals surface area contributed by atoms with Crippen molar-refractivity contribution in [3.8, 4) is 0 Å². The summed E-state index contributed by atoms with van der Waals surface area (Å²) in [6.07, 6.45) is 8.99. The average molecular weight is 151 g/mol. The van der Waals surface area contributed by atoms with Crippen LogP contribution in [-0.2, 0) is 0 Å². The molecule has 0 unspecified atom stereocenters. The van der Waals surface area contributed by atoms with E-state index in [4.69, 9.17) is 5.73 Å². The molecule has 0 saturated heterocycles. The summed E-state index contributed by atoms with van der Waals surface area (Å²) in [5.74, 6) is 0. The van der Waals surface area contributed by atoms with Crippen LogP contribution in [0, 0.1) is 0 Å². The molecule has 62 valence electrons. The standard InChI is InChI=1S/C10H17N/c1-4-6-10(11)8-7-9(3)5-2/h5-8H,4,11H2,1-3H3/b8-7-,9-5-,10-6+. The van der Waals surface area contributed by atoms with Crippen molar-refractivity contribution >= 4 is 0 Å². The first-order valence-electron chi connectivity index (χ1n) is 3.97. The van der Waals surface area contributed by atoms with E-state index in [1.54, 1.807) is 0 Å². The van der Waals surface area contributed by atoms with E-state index < -0.39 is 0 Å². The maximum absolute atomic E-state index is 5.63. The predicted molar refractivity (Wildman–Crippen MR) is 51.1 cm³/mol. The third-order valence-corrected chi connectivity index (χ3v) is 1.43. The van der Waals surface area contributed by atoms with Crippen LogP contribution in [0.15, 0.2) is 35.6 Å². The highest BCUT2D eigenvalue weighted by molar-refractivity contribution is 5.24. The minimum atomic E-state index is 0.841. The number of allylic oxidation sites excluding steroid dienone is 5. The van der Waals surface area contributed by atoms with Gasteiger partial charge in [0.1, 0.15) is 0 Å². The van der Waals surface area contributed by atoms with E-state index in [1.807, 2.05) is 25.2 Å². The summed E-state index contributed by atoms with van der Waals surface area (Å²) in [6.45, 7) is 6.14. The van der Waals surface area contributed by atoms with Crippen molar-refractivity contribution < 1.29 is 0 Å². The normalized spacial score (nSPS) is 14.5. The van der Waals surface area contributed by atoms with E-state index in [2.05, 4.69) is 19.9 Å². The highest BCUT2D eigenvalue weighted by Gasteiger charge is 1.80. The van der Waals surface area contributed by atoms with Crippen molar-refractivity contribution in [3.63, 3.8) is 0 Å². The van der Waals surface area contributed by atoms with Crippen molar-refractivity contribution in [2.45, 2.75) is 27.2 Å². The molecule has 0 rings (SSSR count). The summed E-state index contributed by atoms with van der Waals surface area (Å²) in [7, 11) is 0. The zero-order valence-corrected chi connectivity index (χ0v) is 7.59. The topological polar surface area (TPSA) is 26.0 Å². The third-order valence-electron chi connectivity index (χ3n) is 1.43. The quantitative estimate of drug-likeness (QED) is 0.617. The van der Waals surface area contributed by atoms with Gasteiger partial charge >= 0.3 is 0 Å². The second kappa shape index (κ2) is 5.78. The molecule has 0 aliphatic heterocycles. The molecule has 0 aromatic heterocycles. The molecule has 0 heterocycles. The summed E-state index contributed by atoms with van der Waals surface area (Å²) in [6, 6.07) is 0. The largest absolute Gasteiger partial charge is 0.399 e. The fourth-order valence-electron chi connectivity index (χ4n) is 0.628. The highest BCUT2D eigenvalue weighted by atomic mass is 14.5. The molecule has 0 bridgehead atoms. The number of nitrogens with two attached hydrogens (primary N) is 1. The second-order valence-electron chi connectivity index (χ2n) is 2.48. The molecule has 0 radical (unpaired) electrons. The summed E-state index contributed by atoms with van der Waals surface area (Å²) >= 11 is 0. The van der Waals surface area contributed by atoms with Crippen LogP contribution in [0.1, 0.15) is 27.2 Å². The van der Waals surface area contributed by atoms with Gasteiger partial charge in [-0.1, -0.05) is 30.7 Å². The van der Waals surface area contributed by atoms with Gasteiger partial charge in [-0.2, -0.15) is 0 Å². The Morgan fingerprint density at radius 3 is 2.45 bits per heavy atom. The first-order chi connectivity index (χ1) is 5.20. The minimum Gasteiger partial charge on any atom is -0.399 e. The Bertz CT molecular complexity index is 185. The number of hydrogen-bond donors (Lipinski definition) is 1. The Labute approximate surface area is 69.3 Å². The van der Waals surface area contributed by atoms with Gasteiger partial charge < -0.3 is 5.73 Å². The minimum absolute atomic E-state index is 0.841. The van der Waals surface area contributed by atoms with Crippen LogP contribution in [0.4, 0.5) is 0 Å². The van der Waals surface area contributed by atoms with E-state index in [9.17, 15) is 0 Å². The fourth-order valence-corrected chi connectivity index (χ4v) is 0.628. The van der Waals surface area contributed by atoms with Gasteiger partial charge in [-0.05, 0) is 26.3 Å². The van der Waals surface area contributed by atoms with E-state index in [1.165, 1.54) is 5.57 Å². The Balaban J connectivity index is 4.03. The molecular weight excluding hydrogens is 134 g/mol. The molecular formula is C10H17N. The molecule has 0 atom stereocenters. The third kappa shape index (κ3) is 5.46. The molecule has 0 saturated carbocycles. The fraction of sp³-hybridized carbons (Fsp3) is 0.400. The number of rotatable bonds is 3.